The van der Waals surface area contributed by atoms with E-state index in [4.69, 9.17) is 0 Å². The summed E-state index contributed by atoms with van der Waals surface area (Å²) < 4.78 is 18.1. The highest BCUT2D eigenvalue weighted by Crippen LogP contribution is 2.27. The highest BCUT2D eigenvalue weighted by Gasteiger charge is 2.23. The molecule has 0 N–H and O–H groups in total. The Labute approximate surface area is 161 Å². The van der Waals surface area contributed by atoms with E-state index in [0.717, 1.165) is 48.7 Å². The number of nitrogens with zero attached hydrogens (tertiary/aromatic N) is 7. The summed E-state index contributed by atoms with van der Waals surface area (Å²) in [7, 11) is 2.12. The average Bonchev–Trinajstić information content (AvgIpc) is 3.26. The van der Waals surface area contributed by atoms with E-state index in [2.05, 4.69) is 32.1 Å². The number of fused-ring (bicyclic) bond motifs is 2. The van der Waals surface area contributed by atoms with Crippen molar-refractivity contribution in [2.75, 3.05) is 20.1 Å². The number of hydrogen-bond donors (Lipinski definition) is 0. The van der Waals surface area contributed by atoms with Gasteiger partial charge in [0.2, 0.25) is 0 Å². The number of imidazole rings is 1. The molecule has 4 aromatic heterocycles. The first-order valence-electron chi connectivity index (χ1n) is 9.56. The molecule has 1 fully saturated rings. The van der Waals surface area contributed by atoms with E-state index < -0.39 is 0 Å². The quantitative estimate of drug-likeness (QED) is 0.536. The predicted molar refractivity (Wildman–Crippen MR) is 104 cm³/mol. The van der Waals surface area contributed by atoms with Crippen LogP contribution in [0.3, 0.4) is 0 Å². The number of pyridine rings is 1. The highest BCUT2D eigenvalue weighted by atomic mass is 19.1. The van der Waals surface area contributed by atoms with E-state index >= 15 is 0 Å². The molecular weight excluding hydrogens is 357 g/mol. The number of piperidine rings is 1. The van der Waals surface area contributed by atoms with Gasteiger partial charge in [-0.3, -0.25) is 0 Å². The van der Waals surface area contributed by atoms with Crippen molar-refractivity contribution in [2.24, 2.45) is 0 Å². The van der Waals surface area contributed by atoms with Crippen LogP contribution in [0.1, 0.15) is 35.8 Å². The lowest BCUT2D eigenvalue weighted by Gasteiger charge is -2.26. The Bertz CT molecular complexity index is 1180. The molecule has 28 heavy (non-hydrogen) atoms. The largest absolute Gasteiger partial charge is 0.306 e. The summed E-state index contributed by atoms with van der Waals surface area (Å²) in [5.74, 6) is 0.629. The minimum Gasteiger partial charge on any atom is -0.306 e. The second kappa shape index (κ2) is 6.34. The Kier molecular flexibility index (Phi) is 3.90. The van der Waals surface area contributed by atoms with E-state index in [1.165, 1.54) is 6.07 Å². The van der Waals surface area contributed by atoms with Gasteiger partial charge in [-0.2, -0.15) is 10.2 Å². The summed E-state index contributed by atoms with van der Waals surface area (Å²) in [5, 5.41) is 9.20. The molecule has 0 bridgehead atoms. The van der Waals surface area contributed by atoms with Crippen LogP contribution in [-0.2, 0) is 0 Å². The molecule has 0 spiro atoms. The topological polar surface area (TPSA) is 63.6 Å². The number of aromatic nitrogens is 6. The molecule has 0 aliphatic carbocycles. The standard InChI is InChI=1S/C20H22FN7/c1-12-8-17(24-27-10-13(2)22-19(12)27)15-9-16(21)20-23-18(25-28(20)11-15)14-4-6-26(3)7-5-14/h8-11,14H,4-7H2,1-3H3. The van der Waals surface area contributed by atoms with Crippen molar-refractivity contribution >= 4 is 11.3 Å². The second-order valence-electron chi connectivity index (χ2n) is 7.76. The first-order valence-corrected chi connectivity index (χ1v) is 9.56. The van der Waals surface area contributed by atoms with Gasteiger partial charge in [-0.05, 0) is 64.5 Å². The lowest BCUT2D eigenvalue weighted by molar-refractivity contribution is 0.251. The van der Waals surface area contributed by atoms with Gasteiger partial charge in [0.15, 0.2) is 22.9 Å². The normalized spacial score (nSPS) is 16.4. The van der Waals surface area contributed by atoms with Crippen molar-refractivity contribution in [3.05, 3.63) is 47.4 Å². The molecule has 1 aliphatic rings. The lowest BCUT2D eigenvalue weighted by atomic mass is 9.97. The van der Waals surface area contributed by atoms with Crippen LogP contribution in [0.5, 0.6) is 0 Å². The molecule has 5 heterocycles. The smallest absolute Gasteiger partial charge is 0.191 e. The molecule has 5 rings (SSSR count). The third-order valence-electron chi connectivity index (χ3n) is 5.51. The predicted octanol–water partition coefficient (Wildman–Crippen LogP) is 3.00. The van der Waals surface area contributed by atoms with E-state index in [9.17, 15) is 4.39 Å². The zero-order chi connectivity index (χ0) is 19.4. The van der Waals surface area contributed by atoms with Gasteiger partial charge in [-0.1, -0.05) is 0 Å². The van der Waals surface area contributed by atoms with Gasteiger partial charge in [-0.15, -0.1) is 0 Å². The Hall–Kier alpha value is -2.87. The number of rotatable bonds is 2. The Balaban J connectivity index is 1.57. The van der Waals surface area contributed by atoms with Crippen molar-refractivity contribution in [1.29, 1.82) is 0 Å². The summed E-state index contributed by atoms with van der Waals surface area (Å²) in [6.07, 6.45) is 5.67. The third-order valence-corrected chi connectivity index (χ3v) is 5.51. The van der Waals surface area contributed by atoms with Crippen LogP contribution in [0.15, 0.2) is 24.5 Å². The molecule has 0 unspecified atom stereocenters. The van der Waals surface area contributed by atoms with Crippen molar-refractivity contribution in [1.82, 2.24) is 34.1 Å². The maximum atomic E-state index is 14.8. The first-order chi connectivity index (χ1) is 13.5. The van der Waals surface area contributed by atoms with Crippen LogP contribution in [-0.4, -0.2) is 54.2 Å². The Morgan fingerprint density at radius 1 is 0.964 bits per heavy atom. The van der Waals surface area contributed by atoms with Gasteiger partial charge in [0.1, 0.15) is 0 Å². The number of hydrogen-bond acceptors (Lipinski definition) is 5. The molecule has 7 nitrogen and oxygen atoms in total. The number of aryl methyl sites for hydroxylation is 2. The van der Waals surface area contributed by atoms with Crippen molar-refractivity contribution < 1.29 is 4.39 Å². The fourth-order valence-corrected chi connectivity index (χ4v) is 3.93. The zero-order valence-electron chi connectivity index (χ0n) is 16.2. The average molecular weight is 379 g/mol. The van der Waals surface area contributed by atoms with Crippen molar-refractivity contribution in [2.45, 2.75) is 32.6 Å². The second-order valence-corrected chi connectivity index (χ2v) is 7.76. The van der Waals surface area contributed by atoms with Crippen LogP contribution < -0.4 is 0 Å². The molecular formula is C20H22FN7. The molecule has 4 aromatic rings. The van der Waals surface area contributed by atoms with Crippen molar-refractivity contribution in [3.8, 4) is 11.3 Å². The zero-order valence-corrected chi connectivity index (χ0v) is 16.2. The van der Waals surface area contributed by atoms with Gasteiger partial charge < -0.3 is 4.90 Å². The van der Waals surface area contributed by atoms with Crippen LogP contribution in [0.2, 0.25) is 0 Å². The monoisotopic (exact) mass is 379 g/mol. The Morgan fingerprint density at radius 3 is 2.50 bits per heavy atom. The summed E-state index contributed by atoms with van der Waals surface area (Å²) in [6.45, 7) is 5.94. The molecule has 0 aromatic carbocycles. The maximum absolute atomic E-state index is 14.8. The van der Waals surface area contributed by atoms with Crippen LogP contribution in [0, 0.1) is 19.7 Å². The molecule has 1 aliphatic heterocycles. The molecule has 144 valence electrons. The van der Waals surface area contributed by atoms with Gasteiger partial charge in [0, 0.05) is 17.7 Å². The van der Waals surface area contributed by atoms with Crippen LogP contribution in [0.4, 0.5) is 4.39 Å². The first kappa shape index (κ1) is 17.2. The van der Waals surface area contributed by atoms with Crippen molar-refractivity contribution in [3.63, 3.8) is 0 Å². The van der Waals surface area contributed by atoms with Gasteiger partial charge >= 0.3 is 0 Å². The lowest BCUT2D eigenvalue weighted by Crippen LogP contribution is -2.29. The highest BCUT2D eigenvalue weighted by molar-refractivity contribution is 5.64. The molecule has 1 saturated heterocycles. The van der Waals surface area contributed by atoms with Gasteiger partial charge in [0.25, 0.3) is 0 Å². The molecule has 0 atom stereocenters. The van der Waals surface area contributed by atoms with Gasteiger partial charge in [-0.25, -0.2) is 23.4 Å². The van der Waals surface area contributed by atoms with E-state index in [1.807, 2.05) is 26.1 Å². The van der Waals surface area contributed by atoms with Gasteiger partial charge in [0.05, 0.1) is 17.6 Å². The van der Waals surface area contributed by atoms with E-state index in [1.54, 1.807) is 15.2 Å². The molecule has 0 amide bonds. The minimum atomic E-state index is -0.384. The summed E-state index contributed by atoms with van der Waals surface area (Å²) in [5.41, 5.74) is 4.32. The Morgan fingerprint density at radius 2 is 1.71 bits per heavy atom. The minimum absolute atomic E-state index is 0.272. The molecule has 8 heteroatoms. The van der Waals surface area contributed by atoms with Crippen LogP contribution in [0.25, 0.3) is 22.6 Å². The molecule has 0 radical (unpaired) electrons. The number of likely N-dealkylation sites (tertiary alicyclic amines) is 1. The maximum Gasteiger partial charge on any atom is 0.191 e. The summed E-state index contributed by atoms with van der Waals surface area (Å²) in [4.78, 5) is 11.3. The van der Waals surface area contributed by atoms with Crippen LogP contribution >= 0.6 is 0 Å². The summed E-state index contributed by atoms with van der Waals surface area (Å²) in [6, 6.07) is 3.41. The van der Waals surface area contributed by atoms with E-state index in [0.29, 0.717) is 11.3 Å². The SMILES string of the molecule is Cc1cn2nc(-c3cc(F)c4nc(C5CCN(C)CC5)nn4c3)cc(C)c2n1. The number of halogens is 1. The fourth-order valence-electron chi connectivity index (χ4n) is 3.93. The fraction of sp³-hybridized carbons (Fsp3) is 0.400. The molecule has 0 saturated carbocycles. The van der Waals surface area contributed by atoms with E-state index in [-0.39, 0.29) is 17.4 Å². The summed E-state index contributed by atoms with van der Waals surface area (Å²) >= 11 is 0. The third kappa shape index (κ3) is 2.84.